The van der Waals surface area contributed by atoms with Crippen LogP contribution in [0.25, 0.3) is 0 Å². The average Bonchev–Trinajstić information content (AvgIpc) is 3.20. The maximum atomic E-state index is 13.1. The second-order valence-electron chi connectivity index (χ2n) is 8.21. The van der Waals surface area contributed by atoms with E-state index in [1.165, 1.54) is 7.11 Å². The first-order chi connectivity index (χ1) is 15.4. The number of nitrogens with zero attached hydrogens (tertiary/aromatic N) is 3. The molecule has 0 spiro atoms. The Bertz CT molecular complexity index is 1030. The van der Waals surface area contributed by atoms with Gasteiger partial charge < -0.3 is 19.4 Å². The number of benzene rings is 2. The summed E-state index contributed by atoms with van der Waals surface area (Å²) in [5.41, 5.74) is 2.34. The van der Waals surface area contributed by atoms with Crippen LogP contribution < -0.4 is 9.64 Å². The molecule has 2 aromatic carbocycles. The van der Waals surface area contributed by atoms with Crippen molar-refractivity contribution in [2.75, 3.05) is 44.7 Å². The quantitative estimate of drug-likeness (QED) is 0.710. The molecule has 4 rings (SSSR count). The molecule has 2 aliphatic rings. The highest BCUT2D eigenvalue weighted by molar-refractivity contribution is 6.31. The van der Waals surface area contributed by atoms with E-state index in [0.717, 1.165) is 5.56 Å². The Morgan fingerprint density at radius 2 is 1.66 bits per heavy atom. The largest absolute Gasteiger partial charge is 0.495 e. The summed E-state index contributed by atoms with van der Waals surface area (Å²) < 4.78 is 5.36. The van der Waals surface area contributed by atoms with E-state index in [2.05, 4.69) is 0 Å². The van der Waals surface area contributed by atoms with Gasteiger partial charge in [0, 0.05) is 49.7 Å². The number of aryl methyl sites for hydroxylation is 1. The smallest absolute Gasteiger partial charge is 0.253 e. The molecule has 2 aliphatic heterocycles. The fourth-order valence-electron chi connectivity index (χ4n) is 4.25. The van der Waals surface area contributed by atoms with E-state index in [0.29, 0.717) is 48.2 Å². The lowest BCUT2D eigenvalue weighted by atomic mass is 10.1. The summed E-state index contributed by atoms with van der Waals surface area (Å²) in [6, 6.07) is 12.6. The molecular formula is C24H26ClN3O4. The van der Waals surface area contributed by atoms with Gasteiger partial charge in [0.15, 0.2) is 0 Å². The van der Waals surface area contributed by atoms with Gasteiger partial charge in [0.1, 0.15) is 5.75 Å². The van der Waals surface area contributed by atoms with E-state index in [9.17, 15) is 14.4 Å². The van der Waals surface area contributed by atoms with Gasteiger partial charge in [-0.15, -0.1) is 0 Å². The molecule has 32 heavy (non-hydrogen) atoms. The molecule has 1 unspecified atom stereocenters. The van der Waals surface area contributed by atoms with Crippen LogP contribution in [-0.4, -0.2) is 67.4 Å². The SMILES string of the molecule is COc1ccc(Cl)cc1N1CC(C(=O)N2CCN(C(=O)c3ccc(C)cc3)CC2)CC1=O. The number of carbonyl (C=O) groups excluding carboxylic acids is 3. The third-order valence-electron chi connectivity index (χ3n) is 6.08. The highest BCUT2D eigenvalue weighted by Gasteiger charge is 2.39. The second-order valence-corrected chi connectivity index (χ2v) is 8.64. The van der Waals surface area contributed by atoms with Gasteiger partial charge in [-0.2, -0.15) is 0 Å². The van der Waals surface area contributed by atoms with Crippen molar-refractivity contribution in [1.29, 1.82) is 0 Å². The van der Waals surface area contributed by atoms with Crippen LogP contribution in [0.4, 0.5) is 5.69 Å². The molecule has 2 saturated heterocycles. The molecule has 0 bridgehead atoms. The summed E-state index contributed by atoms with van der Waals surface area (Å²) in [6.07, 6.45) is 0.150. The number of piperazine rings is 1. The Kier molecular flexibility index (Phi) is 6.37. The number of amides is 3. The minimum atomic E-state index is -0.425. The lowest BCUT2D eigenvalue weighted by Crippen LogP contribution is -2.52. The number of ether oxygens (including phenoxy) is 1. The normalized spacial score (nSPS) is 18.8. The van der Waals surface area contributed by atoms with Gasteiger partial charge >= 0.3 is 0 Å². The molecule has 3 amide bonds. The summed E-state index contributed by atoms with van der Waals surface area (Å²) in [5, 5.41) is 0.498. The number of anilines is 1. The van der Waals surface area contributed by atoms with Crippen LogP contribution >= 0.6 is 11.6 Å². The highest BCUT2D eigenvalue weighted by Crippen LogP contribution is 2.35. The first-order valence-corrected chi connectivity index (χ1v) is 11.0. The number of hydrogen-bond acceptors (Lipinski definition) is 4. The van der Waals surface area contributed by atoms with Gasteiger partial charge in [0.25, 0.3) is 5.91 Å². The van der Waals surface area contributed by atoms with Crippen molar-refractivity contribution in [2.45, 2.75) is 13.3 Å². The zero-order valence-electron chi connectivity index (χ0n) is 18.2. The summed E-state index contributed by atoms with van der Waals surface area (Å²) >= 11 is 6.11. The van der Waals surface area contributed by atoms with Crippen molar-refractivity contribution in [2.24, 2.45) is 5.92 Å². The highest BCUT2D eigenvalue weighted by atomic mass is 35.5. The monoisotopic (exact) mass is 455 g/mol. The molecule has 168 valence electrons. The van der Waals surface area contributed by atoms with E-state index in [1.807, 2.05) is 31.2 Å². The predicted molar refractivity (Wildman–Crippen MR) is 122 cm³/mol. The molecule has 2 aromatic rings. The number of hydrogen-bond donors (Lipinski definition) is 0. The van der Waals surface area contributed by atoms with E-state index in [-0.39, 0.29) is 30.7 Å². The minimum absolute atomic E-state index is 0.0210. The summed E-state index contributed by atoms with van der Waals surface area (Å²) in [7, 11) is 1.54. The zero-order chi connectivity index (χ0) is 22.8. The Morgan fingerprint density at radius 3 is 2.31 bits per heavy atom. The van der Waals surface area contributed by atoms with E-state index >= 15 is 0 Å². The van der Waals surface area contributed by atoms with Crippen LogP contribution in [0.3, 0.4) is 0 Å². The molecule has 2 fully saturated rings. The van der Waals surface area contributed by atoms with Crippen LogP contribution in [0.2, 0.25) is 5.02 Å². The van der Waals surface area contributed by atoms with Crippen molar-refractivity contribution < 1.29 is 19.1 Å². The summed E-state index contributed by atoms with van der Waals surface area (Å²) in [4.78, 5) is 43.6. The van der Waals surface area contributed by atoms with Crippen molar-refractivity contribution in [3.8, 4) is 5.75 Å². The molecular weight excluding hydrogens is 430 g/mol. The molecule has 0 radical (unpaired) electrons. The van der Waals surface area contributed by atoms with Gasteiger partial charge in [-0.25, -0.2) is 0 Å². The van der Waals surface area contributed by atoms with Crippen LogP contribution in [0.15, 0.2) is 42.5 Å². The van der Waals surface area contributed by atoms with Gasteiger partial charge in [-0.05, 0) is 37.3 Å². The van der Waals surface area contributed by atoms with Crippen LogP contribution in [0, 0.1) is 12.8 Å². The molecule has 7 nitrogen and oxygen atoms in total. The van der Waals surface area contributed by atoms with E-state index in [1.54, 1.807) is 32.9 Å². The molecule has 2 heterocycles. The number of carbonyl (C=O) groups is 3. The predicted octanol–water partition coefficient (Wildman–Crippen LogP) is 2.99. The van der Waals surface area contributed by atoms with Crippen molar-refractivity contribution in [3.05, 3.63) is 58.6 Å². The van der Waals surface area contributed by atoms with Crippen LogP contribution in [0.5, 0.6) is 5.75 Å². The molecule has 0 N–H and O–H groups in total. The Labute approximate surface area is 192 Å². The third-order valence-corrected chi connectivity index (χ3v) is 6.32. The van der Waals surface area contributed by atoms with Crippen molar-refractivity contribution >= 4 is 35.0 Å². The maximum Gasteiger partial charge on any atom is 0.253 e. The van der Waals surface area contributed by atoms with E-state index < -0.39 is 5.92 Å². The zero-order valence-corrected chi connectivity index (χ0v) is 19.0. The van der Waals surface area contributed by atoms with Gasteiger partial charge in [-0.1, -0.05) is 29.3 Å². The number of halogens is 1. The lowest BCUT2D eigenvalue weighted by Gasteiger charge is -2.36. The Hall–Kier alpha value is -3.06. The topological polar surface area (TPSA) is 70.2 Å². The van der Waals surface area contributed by atoms with Crippen LogP contribution in [-0.2, 0) is 9.59 Å². The van der Waals surface area contributed by atoms with Gasteiger partial charge in [0.05, 0.1) is 18.7 Å². The van der Waals surface area contributed by atoms with E-state index in [4.69, 9.17) is 16.3 Å². The number of methoxy groups -OCH3 is 1. The molecule has 8 heteroatoms. The number of rotatable bonds is 4. The molecule has 1 atom stereocenters. The Balaban J connectivity index is 1.38. The first-order valence-electron chi connectivity index (χ1n) is 10.7. The van der Waals surface area contributed by atoms with Crippen molar-refractivity contribution in [3.63, 3.8) is 0 Å². The van der Waals surface area contributed by atoms with Gasteiger partial charge in [0.2, 0.25) is 11.8 Å². The molecule has 0 saturated carbocycles. The van der Waals surface area contributed by atoms with Crippen LogP contribution in [0.1, 0.15) is 22.3 Å². The summed E-state index contributed by atoms with van der Waals surface area (Å²) in [5.74, 6) is -0.0848. The lowest BCUT2D eigenvalue weighted by molar-refractivity contribution is -0.137. The fourth-order valence-corrected chi connectivity index (χ4v) is 4.41. The van der Waals surface area contributed by atoms with Gasteiger partial charge in [-0.3, -0.25) is 14.4 Å². The maximum absolute atomic E-state index is 13.1. The minimum Gasteiger partial charge on any atom is -0.495 e. The molecule has 0 aromatic heterocycles. The van der Waals surface area contributed by atoms with Crippen molar-refractivity contribution in [1.82, 2.24) is 9.80 Å². The third kappa shape index (κ3) is 4.43. The summed E-state index contributed by atoms with van der Waals surface area (Å²) in [6.45, 7) is 4.14. The Morgan fingerprint density at radius 1 is 1.00 bits per heavy atom. The second kappa shape index (κ2) is 9.20. The fraction of sp³-hybridized carbons (Fsp3) is 0.375. The standard InChI is InChI=1S/C24H26ClN3O4/c1-16-3-5-17(6-4-16)23(30)26-9-11-27(12-10-26)24(31)18-13-22(29)28(15-18)20-14-19(25)7-8-21(20)32-2/h3-8,14,18H,9-13,15H2,1-2H3. The average molecular weight is 456 g/mol. The first kappa shape index (κ1) is 22.1. The molecule has 0 aliphatic carbocycles.